The Bertz CT molecular complexity index is 1160. The normalized spacial score (nSPS) is 22.0. The van der Waals surface area contributed by atoms with Gasteiger partial charge >= 0.3 is 0 Å². The molecule has 4 heterocycles. The number of fused-ring (bicyclic) bond motifs is 1. The van der Waals surface area contributed by atoms with E-state index in [-0.39, 0.29) is 24.0 Å². The molecule has 1 fully saturated rings. The molecule has 1 saturated heterocycles. The van der Waals surface area contributed by atoms with Crippen molar-refractivity contribution in [2.45, 2.75) is 38.0 Å². The first-order valence-corrected chi connectivity index (χ1v) is 11.8. The molecular formula is C23H27ClN8O2. The summed E-state index contributed by atoms with van der Waals surface area (Å²) in [5.41, 5.74) is 1.66. The van der Waals surface area contributed by atoms with Crippen molar-refractivity contribution in [1.82, 2.24) is 40.7 Å². The van der Waals surface area contributed by atoms with Crippen LogP contribution in [0, 0.1) is 5.92 Å². The van der Waals surface area contributed by atoms with Crippen molar-refractivity contribution in [2.75, 3.05) is 13.2 Å². The maximum Gasteiger partial charge on any atom is 0.223 e. The van der Waals surface area contributed by atoms with E-state index in [4.69, 9.17) is 16.3 Å². The van der Waals surface area contributed by atoms with Crippen LogP contribution in [0.15, 0.2) is 36.8 Å². The number of hydrogen-bond acceptors (Lipinski definition) is 8. The molecule has 5 rings (SSSR count). The third-order valence-corrected chi connectivity index (χ3v) is 6.70. The van der Waals surface area contributed by atoms with Gasteiger partial charge in [-0.25, -0.2) is 9.97 Å². The molecule has 2 aromatic heterocycles. The van der Waals surface area contributed by atoms with E-state index >= 15 is 0 Å². The van der Waals surface area contributed by atoms with Crippen molar-refractivity contribution in [1.29, 1.82) is 0 Å². The highest BCUT2D eigenvalue weighted by Crippen LogP contribution is 2.37. The molecule has 3 N–H and O–H groups in total. The Kier molecular flexibility index (Phi) is 6.70. The van der Waals surface area contributed by atoms with E-state index in [1.54, 1.807) is 18.3 Å². The fourth-order valence-corrected chi connectivity index (χ4v) is 4.75. The summed E-state index contributed by atoms with van der Waals surface area (Å²) in [6, 6.07) is 7.38. The smallest absolute Gasteiger partial charge is 0.223 e. The van der Waals surface area contributed by atoms with Crippen molar-refractivity contribution in [3.8, 4) is 17.3 Å². The van der Waals surface area contributed by atoms with Gasteiger partial charge in [-0.05, 0) is 31.5 Å². The quantitative estimate of drug-likeness (QED) is 0.488. The van der Waals surface area contributed by atoms with Crippen LogP contribution in [0.5, 0.6) is 5.75 Å². The van der Waals surface area contributed by atoms with E-state index in [9.17, 15) is 4.79 Å². The van der Waals surface area contributed by atoms with Crippen LogP contribution >= 0.6 is 11.6 Å². The van der Waals surface area contributed by atoms with E-state index in [1.165, 1.54) is 6.33 Å². The van der Waals surface area contributed by atoms with Gasteiger partial charge < -0.3 is 19.9 Å². The van der Waals surface area contributed by atoms with Gasteiger partial charge in [0.25, 0.3) is 0 Å². The Morgan fingerprint density at radius 1 is 1.29 bits per heavy atom. The molecule has 11 heteroatoms. The zero-order valence-corrected chi connectivity index (χ0v) is 19.6. The van der Waals surface area contributed by atoms with Gasteiger partial charge in [0.05, 0.1) is 30.4 Å². The minimum absolute atomic E-state index is 0.000111. The van der Waals surface area contributed by atoms with Crippen LogP contribution in [0.3, 0.4) is 0 Å². The topological polar surface area (TPSA) is 119 Å². The third-order valence-electron chi connectivity index (χ3n) is 6.40. The molecule has 0 aliphatic carbocycles. The number of ether oxygens (including phenoxy) is 1. The first-order chi connectivity index (χ1) is 16.6. The summed E-state index contributed by atoms with van der Waals surface area (Å²) in [6.45, 7) is 1.82. The molecule has 0 radical (unpaired) electrons. The second-order valence-corrected chi connectivity index (χ2v) is 8.97. The fourth-order valence-electron chi connectivity index (χ4n) is 4.51. The zero-order valence-electron chi connectivity index (χ0n) is 18.9. The van der Waals surface area contributed by atoms with E-state index in [0.717, 1.165) is 36.5 Å². The molecule has 34 heavy (non-hydrogen) atoms. The van der Waals surface area contributed by atoms with Crippen LogP contribution < -0.4 is 20.7 Å². The number of nitrogens with one attached hydrogen (secondary N) is 3. The van der Waals surface area contributed by atoms with Crippen LogP contribution in [0.1, 0.15) is 36.7 Å². The fraction of sp³-hybridized carbons (Fsp3) is 0.435. The van der Waals surface area contributed by atoms with Crippen molar-refractivity contribution >= 4 is 17.5 Å². The largest absolute Gasteiger partial charge is 0.492 e. The Hall–Kier alpha value is -3.08. The molecular weight excluding hydrogens is 456 g/mol. The Balaban J connectivity index is 1.18. The first kappa shape index (κ1) is 22.7. The molecule has 0 saturated carbocycles. The summed E-state index contributed by atoms with van der Waals surface area (Å²) in [7, 11) is 1.91. The van der Waals surface area contributed by atoms with Gasteiger partial charge in [-0.2, -0.15) is 0 Å². The van der Waals surface area contributed by atoms with Gasteiger partial charge in [-0.15, -0.1) is 10.2 Å². The maximum atomic E-state index is 13.1. The summed E-state index contributed by atoms with van der Waals surface area (Å²) in [5.74, 6) is 2.13. The molecule has 178 valence electrons. The predicted molar refractivity (Wildman–Crippen MR) is 126 cm³/mol. The summed E-state index contributed by atoms with van der Waals surface area (Å²) in [4.78, 5) is 21.3. The second kappa shape index (κ2) is 10.0. The van der Waals surface area contributed by atoms with Crippen molar-refractivity contribution in [2.24, 2.45) is 13.0 Å². The molecule has 0 bridgehead atoms. The average Bonchev–Trinajstić information content (AvgIpc) is 3.24. The van der Waals surface area contributed by atoms with E-state index in [0.29, 0.717) is 36.2 Å². The predicted octanol–water partition coefficient (Wildman–Crippen LogP) is 1.98. The lowest BCUT2D eigenvalue weighted by Gasteiger charge is -2.33. The SMILES string of the molecule is Cn1c(CNC2CC(C(=O)N[C@H]3CCOc4c(Cl)cccc43)CCN2)nnc1-c1ccncn1. The van der Waals surface area contributed by atoms with Gasteiger partial charge in [0, 0.05) is 31.1 Å². The van der Waals surface area contributed by atoms with Crippen molar-refractivity contribution < 1.29 is 9.53 Å². The van der Waals surface area contributed by atoms with Crippen LogP contribution in [0.2, 0.25) is 5.02 Å². The van der Waals surface area contributed by atoms with Crippen molar-refractivity contribution in [3.63, 3.8) is 0 Å². The Morgan fingerprint density at radius 3 is 3.06 bits per heavy atom. The number of para-hydroxylation sites is 1. The number of hydrogen-bond donors (Lipinski definition) is 3. The van der Waals surface area contributed by atoms with Gasteiger partial charge in [0.15, 0.2) is 5.82 Å². The van der Waals surface area contributed by atoms with E-state index in [1.807, 2.05) is 23.7 Å². The number of aromatic nitrogens is 5. The van der Waals surface area contributed by atoms with Gasteiger partial charge in [-0.1, -0.05) is 23.7 Å². The lowest BCUT2D eigenvalue weighted by Crippen LogP contribution is -2.51. The van der Waals surface area contributed by atoms with Gasteiger partial charge in [0.1, 0.15) is 23.6 Å². The standard InChI is InChI=1S/C23H27ClN8O2/c1-32-20(30-31-22(32)18-6-8-25-13-28-18)12-27-19-11-14(5-9-26-19)23(33)29-17-7-10-34-21-15(17)3-2-4-16(21)24/h2-4,6,8,13-14,17,19,26-27H,5,7,9-12H2,1H3,(H,29,33)/t14?,17-,19?/m0/s1. The van der Waals surface area contributed by atoms with Crippen LogP contribution in [0.4, 0.5) is 0 Å². The Morgan fingerprint density at radius 2 is 2.21 bits per heavy atom. The molecule has 1 aromatic carbocycles. The average molecular weight is 483 g/mol. The number of carbonyl (C=O) groups excluding carboxylic acids is 1. The number of benzene rings is 1. The van der Waals surface area contributed by atoms with Crippen LogP contribution in [-0.4, -0.2) is 50.0 Å². The highest BCUT2D eigenvalue weighted by molar-refractivity contribution is 6.32. The summed E-state index contributed by atoms with van der Waals surface area (Å²) < 4.78 is 7.63. The van der Waals surface area contributed by atoms with Crippen LogP contribution in [-0.2, 0) is 18.4 Å². The molecule has 1 amide bonds. The number of halogens is 1. The van der Waals surface area contributed by atoms with E-state index < -0.39 is 0 Å². The highest BCUT2D eigenvalue weighted by Gasteiger charge is 2.31. The molecule has 2 aliphatic heterocycles. The summed E-state index contributed by atoms with van der Waals surface area (Å²) in [6.07, 6.45) is 5.38. The van der Waals surface area contributed by atoms with Gasteiger partial charge in [-0.3, -0.25) is 10.1 Å². The lowest BCUT2D eigenvalue weighted by molar-refractivity contribution is -0.127. The summed E-state index contributed by atoms with van der Waals surface area (Å²) >= 11 is 6.27. The number of amides is 1. The zero-order chi connectivity index (χ0) is 23.5. The molecule has 0 spiro atoms. The molecule has 3 aromatic rings. The third kappa shape index (κ3) is 4.75. The molecule has 2 unspecified atom stereocenters. The first-order valence-electron chi connectivity index (χ1n) is 11.4. The number of carbonyl (C=O) groups is 1. The molecule has 3 atom stereocenters. The van der Waals surface area contributed by atoms with Gasteiger partial charge in [0.2, 0.25) is 5.91 Å². The Labute approximate surface area is 202 Å². The minimum atomic E-state index is -0.0879. The highest BCUT2D eigenvalue weighted by atomic mass is 35.5. The maximum absolute atomic E-state index is 13.1. The van der Waals surface area contributed by atoms with Crippen molar-refractivity contribution in [3.05, 3.63) is 53.2 Å². The minimum Gasteiger partial charge on any atom is -0.492 e. The lowest BCUT2D eigenvalue weighted by atomic mass is 9.93. The van der Waals surface area contributed by atoms with Crippen LogP contribution in [0.25, 0.3) is 11.5 Å². The number of nitrogens with zero attached hydrogens (tertiary/aromatic N) is 5. The number of piperidine rings is 1. The molecule has 2 aliphatic rings. The monoisotopic (exact) mass is 482 g/mol. The van der Waals surface area contributed by atoms with E-state index in [2.05, 4.69) is 36.1 Å². The summed E-state index contributed by atoms with van der Waals surface area (Å²) in [5, 5.41) is 19.3. The number of rotatable bonds is 6. The molecule has 10 nitrogen and oxygen atoms in total. The second-order valence-electron chi connectivity index (χ2n) is 8.56.